The predicted molar refractivity (Wildman–Crippen MR) is 60.8 cm³/mol. The number of nitrogens with two attached hydrogens (primary N) is 1. The molecule has 0 aromatic heterocycles. The van der Waals surface area contributed by atoms with Gasteiger partial charge in [-0.25, -0.2) is 0 Å². The largest absolute Gasteiger partial charge is 0.409 e. The lowest BCUT2D eigenvalue weighted by Crippen LogP contribution is -2.35. The van der Waals surface area contributed by atoms with Crippen LogP contribution in [0.15, 0.2) is 16.8 Å². The van der Waals surface area contributed by atoms with Crippen LogP contribution in [0.25, 0.3) is 0 Å². The minimum absolute atomic E-state index is 0.290. The van der Waals surface area contributed by atoms with Crippen molar-refractivity contribution in [2.45, 2.75) is 45.4 Å². The second kappa shape index (κ2) is 3.87. The molecule has 84 valence electrons. The summed E-state index contributed by atoms with van der Waals surface area (Å²) in [4.78, 5) is 0. The fourth-order valence-electron chi connectivity index (χ4n) is 3.45. The Morgan fingerprint density at radius 1 is 1.73 bits per heavy atom. The van der Waals surface area contributed by atoms with Gasteiger partial charge in [-0.2, -0.15) is 0 Å². The van der Waals surface area contributed by atoms with E-state index in [1.807, 2.05) is 0 Å². The van der Waals surface area contributed by atoms with Gasteiger partial charge in [0.15, 0.2) is 0 Å². The highest BCUT2D eigenvalue weighted by molar-refractivity contribution is 5.80. The molecule has 0 aliphatic heterocycles. The van der Waals surface area contributed by atoms with Gasteiger partial charge >= 0.3 is 0 Å². The molecule has 0 aromatic rings. The number of hydrogen-bond donors (Lipinski definition) is 2. The maximum Gasteiger partial charge on any atom is 0.139 e. The van der Waals surface area contributed by atoms with Crippen LogP contribution in [0.5, 0.6) is 0 Å². The van der Waals surface area contributed by atoms with Crippen LogP contribution in [0, 0.1) is 11.3 Å². The van der Waals surface area contributed by atoms with Crippen molar-refractivity contribution in [3.8, 4) is 0 Å². The standard InChI is InChI=1S/C12H20N2O/c1-9-5-10-3-2-4-12(6-9,7-10)8-11(13)14-15/h5,9,15H,2-4,6-8H2,1H3,(H2,13,14). The van der Waals surface area contributed by atoms with Gasteiger partial charge in [-0.05, 0) is 43.4 Å². The van der Waals surface area contributed by atoms with E-state index in [2.05, 4.69) is 18.2 Å². The Labute approximate surface area is 91.0 Å². The highest BCUT2D eigenvalue weighted by atomic mass is 16.4. The van der Waals surface area contributed by atoms with Crippen LogP contribution in [0.3, 0.4) is 0 Å². The first-order chi connectivity index (χ1) is 7.13. The number of allylic oxidation sites excluding steroid dienone is 2. The number of oxime groups is 1. The quantitative estimate of drug-likeness (QED) is 0.241. The van der Waals surface area contributed by atoms with E-state index < -0.39 is 0 Å². The van der Waals surface area contributed by atoms with Crippen molar-refractivity contribution in [3.05, 3.63) is 11.6 Å². The third-order valence-corrected chi connectivity index (χ3v) is 3.77. The molecule has 0 aromatic carbocycles. The lowest BCUT2D eigenvalue weighted by Gasteiger charge is -2.43. The Balaban J connectivity index is 2.17. The SMILES string of the molecule is CC1C=C2CCCC(C/C(N)=N/O)(C2)C1. The zero-order valence-electron chi connectivity index (χ0n) is 9.37. The molecule has 2 unspecified atom stereocenters. The molecule has 2 aliphatic carbocycles. The van der Waals surface area contributed by atoms with E-state index in [0.29, 0.717) is 11.8 Å². The molecule has 0 heterocycles. The molecular weight excluding hydrogens is 188 g/mol. The van der Waals surface area contributed by atoms with Gasteiger partial charge in [0.25, 0.3) is 0 Å². The number of fused-ring (bicyclic) bond motifs is 2. The molecule has 2 aliphatic rings. The number of nitrogens with zero attached hydrogens (tertiary/aromatic N) is 1. The highest BCUT2D eigenvalue weighted by Gasteiger charge is 2.38. The lowest BCUT2D eigenvalue weighted by atomic mass is 9.62. The fourth-order valence-corrected chi connectivity index (χ4v) is 3.45. The first kappa shape index (κ1) is 10.5. The molecule has 15 heavy (non-hydrogen) atoms. The van der Waals surface area contributed by atoms with E-state index in [0.717, 1.165) is 12.8 Å². The van der Waals surface area contributed by atoms with E-state index in [-0.39, 0.29) is 5.41 Å². The zero-order chi connectivity index (χ0) is 10.9. The van der Waals surface area contributed by atoms with Crippen LogP contribution in [-0.2, 0) is 0 Å². The number of rotatable bonds is 2. The summed E-state index contributed by atoms with van der Waals surface area (Å²) in [5.41, 5.74) is 7.54. The molecule has 3 nitrogen and oxygen atoms in total. The molecular formula is C12H20N2O. The topological polar surface area (TPSA) is 58.6 Å². The van der Waals surface area contributed by atoms with Gasteiger partial charge in [-0.15, -0.1) is 0 Å². The van der Waals surface area contributed by atoms with Crippen LogP contribution in [0.2, 0.25) is 0 Å². The van der Waals surface area contributed by atoms with Gasteiger partial charge in [0, 0.05) is 6.42 Å². The van der Waals surface area contributed by atoms with Crippen LogP contribution in [-0.4, -0.2) is 11.0 Å². The second-order valence-corrected chi connectivity index (χ2v) is 5.30. The van der Waals surface area contributed by atoms with E-state index in [4.69, 9.17) is 10.9 Å². The minimum atomic E-state index is 0.290. The normalized spacial score (nSPS) is 36.2. The van der Waals surface area contributed by atoms with Crippen molar-refractivity contribution in [1.82, 2.24) is 0 Å². The predicted octanol–water partition coefficient (Wildman–Crippen LogP) is 2.65. The molecule has 3 N–H and O–H groups in total. The smallest absolute Gasteiger partial charge is 0.139 e. The van der Waals surface area contributed by atoms with Crippen LogP contribution in [0.4, 0.5) is 0 Å². The molecule has 3 heteroatoms. The van der Waals surface area contributed by atoms with Crippen molar-refractivity contribution in [2.24, 2.45) is 22.2 Å². The van der Waals surface area contributed by atoms with E-state index in [1.54, 1.807) is 5.57 Å². The highest BCUT2D eigenvalue weighted by Crippen LogP contribution is 2.49. The molecule has 2 rings (SSSR count). The van der Waals surface area contributed by atoms with Crippen LogP contribution >= 0.6 is 0 Å². The molecule has 1 fully saturated rings. The molecule has 0 saturated heterocycles. The molecule has 0 spiro atoms. The average Bonchev–Trinajstić information content (AvgIpc) is 2.15. The van der Waals surface area contributed by atoms with Gasteiger partial charge in [-0.1, -0.05) is 23.7 Å². The Kier molecular flexibility index (Phi) is 2.72. The molecule has 0 amide bonds. The maximum atomic E-state index is 8.67. The summed E-state index contributed by atoms with van der Waals surface area (Å²) >= 11 is 0. The fraction of sp³-hybridized carbons (Fsp3) is 0.750. The van der Waals surface area contributed by atoms with Gasteiger partial charge in [0.05, 0.1) is 0 Å². The van der Waals surface area contributed by atoms with Gasteiger partial charge in [-0.3, -0.25) is 0 Å². The first-order valence-electron chi connectivity index (χ1n) is 5.79. The summed E-state index contributed by atoms with van der Waals surface area (Å²) in [6.45, 7) is 2.27. The van der Waals surface area contributed by atoms with Gasteiger partial charge in [0.1, 0.15) is 5.84 Å². The summed E-state index contributed by atoms with van der Waals surface area (Å²) in [6.07, 6.45) is 9.26. The minimum Gasteiger partial charge on any atom is -0.409 e. The zero-order valence-corrected chi connectivity index (χ0v) is 9.37. The first-order valence-corrected chi connectivity index (χ1v) is 5.79. The molecule has 2 bridgehead atoms. The average molecular weight is 208 g/mol. The maximum absolute atomic E-state index is 8.67. The van der Waals surface area contributed by atoms with Crippen molar-refractivity contribution < 1.29 is 5.21 Å². The second-order valence-electron chi connectivity index (χ2n) is 5.30. The Hall–Kier alpha value is -0.990. The molecule has 2 atom stereocenters. The summed E-state index contributed by atoms with van der Waals surface area (Å²) in [5, 5.41) is 11.8. The lowest BCUT2D eigenvalue weighted by molar-refractivity contribution is 0.177. The summed E-state index contributed by atoms with van der Waals surface area (Å²) in [6, 6.07) is 0. The monoisotopic (exact) mass is 208 g/mol. The van der Waals surface area contributed by atoms with Crippen molar-refractivity contribution in [2.75, 3.05) is 0 Å². The number of amidine groups is 1. The van der Waals surface area contributed by atoms with Crippen molar-refractivity contribution >= 4 is 5.84 Å². The van der Waals surface area contributed by atoms with Crippen LogP contribution in [0.1, 0.15) is 45.4 Å². The van der Waals surface area contributed by atoms with Crippen LogP contribution < -0.4 is 5.73 Å². The van der Waals surface area contributed by atoms with Crippen molar-refractivity contribution in [1.29, 1.82) is 0 Å². The summed E-state index contributed by atoms with van der Waals surface area (Å²) in [7, 11) is 0. The van der Waals surface area contributed by atoms with Gasteiger partial charge < -0.3 is 10.9 Å². The third-order valence-electron chi connectivity index (χ3n) is 3.77. The number of hydrogen-bond acceptors (Lipinski definition) is 2. The Morgan fingerprint density at radius 2 is 2.53 bits per heavy atom. The molecule has 0 radical (unpaired) electrons. The Bertz CT molecular complexity index is 309. The van der Waals surface area contributed by atoms with E-state index >= 15 is 0 Å². The summed E-state index contributed by atoms with van der Waals surface area (Å²) < 4.78 is 0. The molecule has 1 saturated carbocycles. The Morgan fingerprint density at radius 3 is 3.27 bits per heavy atom. The van der Waals surface area contributed by atoms with E-state index in [1.165, 1.54) is 25.7 Å². The van der Waals surface area contributed by atoms with E-state index in [9.17, 15) is 0 Å². The van der Waals surface area contributed by atoms with Crippen molar-refractivity contribution in [3.63, 3.8) is 0 Å². The summed E-state index contributed by atoms with van der Waals surface area (Å²) in [5.74, 6) is 1.05. The third kappa shape index (κ3) is 2.16. The van der Waals surface area contributed by atoms with Gasteiger partial charge in [0.2, 0.25) is 0 Å².